The summed E-state index contributed by atoms with van der Waals surface area (Å²) in [6, 6.07) is 1.80. The average Bonchev–Trinajstić information content (AvgIpc) is 2.53. The second-order valence-corrected chi connectivity index (χ2v) is 2.43. The Bertz CT molecular complexity index is 230. The Labute approximate surface area is 71.4 Å². The Kier molecular flexibility index (Phi) is 3.19. The van der Waals surface area contributed by atoms with E-state index in [1.54, 1.807) is 0 Å². The van der Waals surface area contributed by atoms with E-state index >= 15 is 0 Å². The largest absolute Gasteiger partial charge is 0.367 e. The lowest BCUT2D eigenvalue weighted by molar-refractivity contribution is 0.241. The molecule has 66 valence electrons. The normalized spacial score (nSPS) is 9.42. The van der Waals surface area contributed by atoms with E-state index in [1.165, 1.54) is 0 Å². The zero-order valence-electron chi connectivity index (χ0n) is 7.05. The molecule has 3 N–H and O–H groups in total. The molecule has 0 saturated heterocycles. The number of nitrogens with one attached hydrogen (secondary N) is 3. The van der Waals surface area contributed by atoms with Gasteiger partial charge >= 0.3 is 6.03 Å². The molecular weight excluding hydrogens is 154 g/mol. The number of urea groups is 1. The Morgan fingerprint density at radius 2 is 2.42 bits per heavy atom. The molecule has 0 saturated carbocycles. The van der Waals surface area contributed by atoms with Crippen molar-refractivity contribution in [3.8, 4) is 0 Å². The third-order valence-corrected chi connectivity index (χ3v) is 1.45. The standard InChI is InChI=1S/C8H13N3O/c1-2-10-8(12)11-6-7-3-4-9-5-7/h3-5,9H,2,6H2,1H3,(H2,10,11,12). The third-order valence-electron chi connectivity index (χ3n) is 1.45. The molecule has 0 fully saturated rings. The highest BCUT2D eigenvalue weighted by molar-refractivity contribution is 5.73. The zero-order chi connectivity index (χ0) is 8.81. The summed E-state index contributed by atoms with van der Waals surface area (Å²) in [5, 5.41) is 5.36. The number of rotatable bonds is 3. The first-order chi connectivity index (χ1) is 5.83. The van der Waals surface area contributed by atoms with Crippen LogP contribution in [-0.4, -0.2) is 17.6 Å². The van der Waals surface area contributed by atoms with Crippen molar-refractivity contribution >= 4 is 6.03 Å². The maximum absolute atomic E-state index is 10.9. The number of aromatic amines is 1. The van der Waals surface area contributed by atoms with Crippen LogP contribution in [0.25, 0.3) is 0 Å². The molecule has 0 aliphatic carbocycles. The number of carbonyl (C=O) groups excluding carboxylic acids is 1. The molecule has 1 aromatic heterocycles. The van der Waals surface area contributed by atoms with Gasteiger partial charge in [-0.25, -0.2) is 4.79 Å². The van der Waals surface area contributed by atoms with E-state index in [2.05, 4.69) is 15.6 Å². The van der Waals surface area contributed by atoms with Gasteiger partial charge in [0.15, 0.2) is 0 Å². The second kappa shape index (κ2) is 4.43. The van der Waals surface area contributed by atoms with E-state index in [4.69, 9.17) is 0 Å². The fourth-order valence-corrected chi connectivity index (χ4v) is 0.874. The predicted molar refractivity (Wildman–Crippen MR) is 46.7 cm³/mol. The van der Waals surface area contributed by atoms with Crippen molar-refractivity contribution in [3.05, 3.63) is 24.0 Å². The van der Waals surface area contributed by atoms with Crippen molar-refractivity contribution in [2.24, 2.45) is 0 Å². The monoisotopic (exact) mass is 167 g/mol. The van der Waals surface area contributed by atoms with Gasteiger partial charge in [0.05, 0.1) is 0 Å². The number of H-pyrrole nitrogens is 1. The van der Waals surface area contributed by atoms with E-state index in [-0.39, 0.29) is 6.03 Å². The van der Waals surface area contributed by atoms with Crippen molar-refractivity contribution in [3.63, 3.8) is 0 Å². The molecule has 12 heavy (non-hydrogen) atoms. The number of amides is 2. The van der Waals surface area contributed by atoms with Gasteiger partial charge in [-0.2, -0.15) is 0 Å². The summed E-state index contributed by atoms with van der Waals surface area (Å²) in [5.41, 5.74) is 1.07. The van der Waals surface area contributed by atoms with Gasteiger partial charge < -0.3 is 15.6 Å². The van der Waals surface area contributed by atoms with Gasteiger partial charge in [0, 0.05) is 25.5 Å². The summed E-state index contributed by atoms with van der Waals surface area (Å²) in [5.74, 6) is 0. The smallest absolute Gasteiger partial charge is 0.315 e. The molecule has 4 heteroatoms. The van der Waals surface area contributed by atoms with Crippen LogP contribution in [-0.2, 0) is 6.54 Å². The summed E-state index contributed by atoms with van der Waals surface area (Å²) >= 11 is 0. The van der Waals surface area contributed by atoms with Crippen molar-refractivity contribution in [1.29, 1.82) is 0 Å². The van der Waals surface area contributed by atoms with Gasteiger partial charge in [0.2, 0.25) is 0 Å². The highest BCUT2D eigenvalue weighted by Crippen LogP contribution is 1.94. The SMILES string of the molecule is CCNC(=O)NCc1cc[nH]c1. The van der Waals surface area contributed by atoms with Crippen LogP contribution < -0.4 is 10.6 Å². The second-order valence-electron chi connectivity index (χ2n) is 2.43. The quantitative estimate of drug-likeness (QED) is 0.613. The number of aromatic nitrogens is 1. The fourth-order valence-electron chi connectivity index (χ4n) is 0.874. The molecule has 0 aromatic carbocycles. The molecule has 0 unspecified atom stereocenters. The van der Waals surface area contributed by atoms with Crippen LogP contribution >= 0.6 is 0 Å². The van der Waals surface area contributed by atoms with Crippen LogP contribution in [0.15, 0.2) is 18.5 Å². The summed E-state index contributed by atoms with van der Waals surface area (Å²) in [6.45, 7) is 3.10. The maximum atomic E-state index is 10.9. The lowest BCUT2D eigenvalue weighted by atomic mass is 10.3. The molecule has 0 bridgehead atoms. The van der Waals surface area contributed by atoms with Crippen molar-refractivity contribution < 1.29 is 4.79 Å². The number of hydrogen-bond donors (Lipinski definition) is 3. The zero-order valence-corrected chi connectivity index (χ0v) is 7.05. The molecule has 0 aliphatic rings. The van der Waals surface area contributed by atoms with Crippen molar-refractivity contribution in [2.75, 3.05) is 6.54 Å². The van der Waals surface area contributed by atoms with E-state index in [9.17, 15) is 4.79 Å². The van der Waals surface area contributed by atoms with Gasteiger partial charge in [-0.1, -0.05) is 0 Å². The van der Waals surface area contributed by atoms with Gasteiger partial charge in [-0.15, -0.1) is 0 Å². The Morgan fingerprint density at radius 3 is 3.00 bits per heavy atom. The van der Waals surface area contributed by atoms with Gasteiger partial charge in [0.25, 0.3) is 0 Å². The summed E-state index contributed by atoms with van der Waals surface area (Å²) < 4.78 is 0. The van der Waals surface area contributed by atoms with E-state index in [0.29, 0.717) is 13.1 Å². The van der Waals surface area contributed by atoms with Crippen LogP contribution in [0.5, 0.6) is 0 Å². The minimum absolute atomic E-state index is 0.126. The lowest BCUT2D eigenvalue weighted by Gasteiger charge is -2.03. The van der Waals surface area contributed by atoms with Crippen LogP contribution in [0.3, 0.4) is 0 Å². The molecule has 0 radical (unpaired) electrons. The van der Waals surface area contributed by atoms with Crippen LogP contribution in [0.2, 0.25) is 0 Å². The molecule has 0 aliphatic heterocycles. The molecule has 1 rings (SSSR count). The van der Waals surface area contributed by atoms with Crippen LogP contribution in [0.4, 0.5) is 4.79 Å². The Hall–Kier alpha value is -1.45. The molecule has 1 heterocycles. The highest BCUT2D eigenvalue weighted by atomic mass is 16.2. The molecular formula is C8H13N3O. The first kappa shape index (κ1) is 8.64. The Balaban J connectivity index is 2.22. The van der Waals surface area contributed by atoms with E-state index in [0.717, 1.165) is 5.56 Å². The van der Waals surface area contributed by atoms with Crippen molar-refractivity contribution in [1.82, 2.24) is 15.6 Å². The topological polar surface area (TPSA) is 56.9 Å². The summed E-state index contributed by atoms with van der Waals surface area (Å²) in [7, 11) is 0. The first-order valence-corrected chi connectivity index (χ1v) is 3.96. The summed E-state index contributed by atoms with van der Waals surface area (Å²) in [6.07, 6.45) is 3.68. The Morgan fingerprint density at radius 1 is 1.58 bits per heavy atom. The van der Waals surface area contributed by atoms with Crippen molar-refractivity contribution in [2.45, 2.75) is 13.5 Å². The fraction of sp³-hybridized carbons (Fsp3) is 0.375. The van der Waals surface area contributed by atoms with Gasteiger partial charge in [0.1, 0.15) is 0 Å². The third kappa shape index (κ3) is 2.65. The molecule has 0 atom stereocenters. The van der Waals surface area contributed by atoms with Crippen LogP contribution in [0.1, 0.15) is 12.5 Å². The van der Waals surface area contributed by atoms with E-state index < -0.39 is 0 Å². The minimum Gasteiger partial charge on any atom is -0.367 e. The van der Waals surface area contributed by atoms with E-state index in [1.807, 2.05) is 25.4 Å². The molecule has 1 aromatic rings. The van der Waals surface area contributed by atoms with Crippen LogP contribution in [0, 0.1) is 0 Å². The highest BCUT2D eigenvalue weighted by Gasteiger charge is 1.96. The van der Waals surface area contributed by atoms with Gasteiger partial charge in [-0.3, -0.25) is 0 Å². The van der Waals surface area contributed by atoms with Gasteiger partial charge in [-0.05, 0) is 18.6 Å². The molecule has 0 spiro atoms. The average molecular weight is 167 g/mol. The lowest BCUT2D eigenvalue weighted by Crippen LogP contribution is -2.34. The summed E-state index contributed by atoms with van der Waals surface area (Å²) in [4.78, 5) is 13.8. The number of hydrogen-bond acceptors (Lipinski definition) is 1. The maximum Gasteiger partial charge on any atom is 0.315 e. The molecule has 2 amide bonds. The first-order valence-electron chi connectivity index (χ1n) is 3.96. The minimum atomic E-state index is -0.126. The number of carbonyl (C=O) groups is 1. The predicted octanol–water partition coefficient (Wildman–Crippen LogP) is 0.834. The molecule has 4 nitrogen and oxygen atoms in total.